The van der Waals surface area contributed by atoms with Crippen molar-refractivity contribution >= 4 is 38.8 Å². The standard InChI is InChI=1S/C29H35N5O2S/c30-21-12-11-20-22-23(26(37-25(21)22)28(36)34-19-10-5-13-33-15-19)24(31)27(35)29(20,32)18-9-4-8-17(14-18)16-6-2-1-3-7-16/h4,8-9,11-12,14,16,19,24,33H,1-3,5-7,10,13,15,30-32H2,(H,34,36). The number of piperidine rings is 1. The van der Waals surface area contributed by atoms with E-state index in [0.29, 0.717) is 27.6 Å². The molecule has 1 amide bonds. The number of carbonyl (C=O) groups excluding carboxylic acids is 2. The van der Waals surface area contributed by atoms with Gasteiger partial charge in [-0.15, -0.1) is 11.3 Å². The molecule has 3 aromatic rings. The Balaban J connectivity index is 1.47. The number of anilines is 1. The monoisotopic (exact) mass is 517 g/mol. The van der Waals surface area contributed by atoms with Crippen LogP contribution < -0.4 is 27.8 Å². The highest BCUT2D eigenvalue weighted by atomic mass is 32.1. The SMILES string of the molecule is Nc1ccc2c3c(c(C(=O)NC4CCCNC4)sc13)C(N)C(=O)C2(N)c1cccc(C2CCCCC2)c1. The minimum atomic E-state index is -1.41. The van der Waals surface area contributed by atoms with Crippen LogP contribution in [0.15, 0.2) is 36.4 Å². The zero-order valence-corrected chi connectivity index (χ0v) is 21.8. The second kappa shape index (κ2) is 9.51. The van der Waals surface area contributed by atoms with E-state index in [2.05, 4.69) is 22.8 Å². The number of amides is 1. The molecule has 6 rings (SSSR count). The molecule has 37 heavy (non-hydrogen) atoms. The van der Waals surface area contributed by atoms with Crippen LogP contribution in [-0.4, -0.2) is 30.8 Å². The molecule has 8 N–H and O–H groups in total. The Morgan fingerprint density at radius 1 is 1.08 bits per heavy atom. The van der Waals surface area contributed by atoms with Gasteiger partial charge in [0, 0.05) is 29.2 Å². The summed E-state index contributed by atoms with van der Waals surface area (Å²) in [6, 6.07) is 10.8. The first-order valence-corrected chi connectivity index (χ1v) is 14.3. The van der Waals surface area contributed by atoms with Crippen molar-refractivity contribution in [2.45, 2.75) is 68.5 Å². The summed E-state index contributed by atoms with van der Waals surface area (Å²) < 4.78 is 0.764. The van der Waals surface area contributed by atoms with Crippen molar-refractivity contribution < 1.29 is 9.59 Å². The van der Waals surface area contributed by atoms with Gasteiger partial charge in [-0.1, -0.05) is 49.6 Å². The van der Waals surface area contributed by atoms with E-state index >= 15 is 0 Å². The van der Waals surface area contributed by atoms with Crippen LogP contribution >= 0.6 is 11.3 Å². The fraction of sp³-hybridized carbons (Fsp3) is 0.448. The topological polar surface area (TPSA) is 136 Å². The van der Waals surface area contributed by atoms with E-state index in [9.17, 15) is 9.59 Å². The molecular formula is C29H35N5O2S. The number of ketones is 1. The van der Waals surface area contributed by atoms with Gasteiger partial charge in [0.25, 0.3) is 5.91 Å². The van der Waals surface area contributed by atoms with Crippen LogP contribution in [-0.2, 0) is 10.3 Å². The molecule has 1 saturated heterocycles. The molecule has 194 valence electrons. The van der Waals surface area contributed by atoms with Crippen LogP contribution in [0.25, 0.3) is 10.1 Å². The van der Waals surface area contributed by atoms with E-state index in [1.807, 2.05) is 18.2 Å². The minimum absolute atomic E-state index is 0.0436. The molecule has 0 radical (unpaired) electrons. The zero-order chi connectivity index (χ0) is 25.7. The van der Waals surface area contributed by atoms with Crippen LogP contribution in [0.3, 0.4) is 0 Å². The third-order valence-corrected chi connectivity index (χ3v) is 9.82. The van der Waals surface area contributed by atoms with Gasteiger partial charge in [-0.2, -0.15) is 0 Å². The van der Waals surface area contributed by atoms with Gasteiger partial charge in [0.2, 0.25) is 0 Å². The summed E-state index contributed by atoms with van der Waals surface area (Å²) in [6.07, 6.45) is 7.97. The van der Waals surface area contributed by atoms with Crippen molar-refractivity contribution in [1.82, 2.24) is 10.6 Å². The Morgan fingerprint density at radius 2 is 1.89 bits per heavy atom. The number of nitrogens with two attached hydrogens (primary N) is 3. The minimum Gasteiger partial charge on any atom is -0.398 e. The molecule has 2 aliphatic carbocycles. The normalized spacial score (nSPS) is 26.4. The lowest BCUT2D eigenvalue weighted by atomic mass is 9.70. The average molecular weight is 518 g/mol. The molecule has 0 spiro atoms. The molecule has 7 nitrogen and oxygen atoms in total. The van der Waals surface area contributed by atoms with Crippen molar-refractivity contribution in [2.24, 2.45) is 11.5 Å². The number of benzene rings is 2. The predicted octanol–water partition coefficient (Wildman–Crippen LogP) is 3.80. The fourth-order valence-electron chi connectivity index (χ4n) is 6.55. The molecule has 3 atom stereocenters. The van der Waals surface area contributed by atoms with Crippen molar-refractivity contribution in [3.63, 3.8) is 0 Å². The Kier molecular flexibility index (Phi) is 6.31. The largest absolute Gasteiger partial charge is 0.398 e. The van der Waals surface area contributed by atoms with Crippen LogP contribution in [0.4, 0.5) is 5.69 Å². The fourth-order valence-corrected chi connectivity index (χ4v) is 7.75. The molecule has 0 bridgehead atoms. The van der Waals surface area contributed by atoms with Gasteiger partial charge in [0.1, 0.15) is 5.54 Å². The zero-order valence-electron chi connectivity index (χ0n) is 21.0. The summed E-state index contributed by atoms with van der Waals surface area (Å²) in [5.74, 6) is -0.0154. The van der Waals surface area contributed by atoms with Crippen molar-refractivity contribution in [3.8, 4) is 0 Å². The number of Topliss-reactive ketones (excluding diaryl/α,β-unsaturated/α-hetero) is 1. The van der Waals surface area contributed by atoms with E-state index in [-0.39, 0.29) is 17.7 Å². The van der Waals surface area contributed by atoms with Gasteiger partial charge in [-0.25, -0.2) is 0 Å². The van der Waals surface area contributed by atoms with Gasteiger partial charge >= 0.3 is 0 Å². The average Bonchev–Trinajstić information content (AvgIpc) is 3.34. The van der Waals surface area contributed by atoms with E-state index in [1.54, 1.807) is 6.07 Å². The lowest BCUT2D eigenvalue weighted by Gasteiger charge is -2.37. The number of hydrogen-bond donors (Lipinski definition) is 5. The van der Waals surface area contributed by atoms with E-state index in [1.165, 1.54) is 36.2 Å². The molecule has 2 heterocycles. The van der Waals surface area contributed by atoms with Crippen molar-refractivity contribution in [1.29, 1.82) is 0 Å². The molecule has 2 fully saturated rings. The van der Waals surface area contributed by atoms with Gasteiger partial charge in [-0.3, -0.25) is 9.59 Å². The summed E-state index contributed by atoms with van der Waals surface area (Å²) in [5.41, 5.74) is 22.5. The maximum absolute atomic E-state index is 14.1. The van der Waals surface area contributed by atoms with Crippen LogP contribution in [0.2, 0.25) is 0 Å². The van der Waals surface area contributed by atoms with Crippen molar-refractivity contribution in [2.75, 3.05) is 18.8 Å². The molecule has 2 aromatic carbocycles. The Morgan fingerprint density at radius 3 is 2.65 bits per heavy atom. The Hall–Kier alpha value is -2.78. The summed E-state index contributed by atoms with van der Waals surface area (Å²) in [7, 11) is 0. The first-order valence-electron chi connectivity index (χ1n) is 13.5. The number of rotatable bonds is 4. The summed E-state index contributed by atoms with van der Waals surface area (Å²) >= 11 is 1.31. The number of nitrogen functional groups attached to an aromatic ring is 1. The third-order valence-electron chi connectivity index (χ3n) is 8.57. The maximum atomic E-state index is 14.1. The molecule has 8 heteroatoms. The molecule has 3 aliphatic rings. The first-order chi connectivity index (χ1) is 17.9. The lowest BCUT2D eigenvalue weighted by molar-refractivity contribution is -0.124. The lowest BCUT2D eigenvalue weighted by Crippen LogP contribution is -2.52. The number of thiophene rings is 1. The third kappa shape index (κ3) is 3.98. The maximum Gasteiger partial charge on any atom is 0.262 e. The molecule has 1 saturated carbocycles. The highest BCUT2D eigenvalue weighted by molar-refractivity contribution is 7.21. The smallest absolute Gasteiger partial charge is 0.262 e. The van der Waals surface area contributed by atoms with Crippen LogP contribution in [0.5, 0.6) is 0 Å². The number of nitrogens with one attached hydrogen (secondary N) is 2. The summed E-state index contributed by atoms with van der Waals surface area (Å²) in [6.45, 7) is 1.69. The summed E-state index contributed by atoms with van der Waals surface area (Å²) in [5, 5.41) is 7.22. The van der Waals surface area contributed by atoms with Gasteiger partial charge in [-0.05, 0) is 60.9 Å². The van der Waals surface area contributed by atoms with Crippen molar-refractivity contribution in [3.05, 3.63) is 63.5 Å². The number of hydrogen-bond acceptors (Lipinski definition) is 7. The van der Waals surface area contributed by atoms with Gasteiger partial charge in [0.15, 0.2) is 5.78 Å². The van der Waals surface area contributed by atoms with Gasteiger partial charge < -0.3 is 27.8 Å². The Labute approximate surface area is 221 Å². The molecule has 1 aromatic heterocycles. The second-order valence-corrected chi connectivity index (χ2v) is 11.9. The highest BCUT2D eigenvalue weighted by Crippen LogP contribution is 2.49. The van der Waals surface area contributed by atoms with E-state index in [4.69, 9.17) is 17.2 Å². The highest BCUT2D eigenvalue weighted by Gasteiger charge is 2.49. The Bertz CT molecular complexity index is 1370. The van der Waals surface area contributed by atoms with Crippen LogP contribution in [0, 0.1) is 0 Å². The summed E-state index contributed by atoms with van der Waals surface area (Å²) in [4.78, 5) is 28.0. The second-order valence-electron chi connectivity index (χ2n) is 10.9. The van der Waals surface area contributed by atoms with Gasteiger partial charge in [0.05, 0.1) is 15.6 Å². The molecular weight excluding hydrogens is 482 g/mol. The number of carbonyl (C=O) groups is 2. The molecule has 1 aliphatic heterocycles. The quantitative estimate of drug-likeness (QED) is 0.334. The first kappa shape index (κ1) is 24.6. The van der Waals surface area contributed by atoms with E-state index < -0.39 is 11.6 Å². The van der Waals surface area contributed by atoms with Crippen LogP contribution in [0.1, 0.15) is 88.8 Å². The molecule has 3 unspecified atom stereocenters. The predicted molar refractivity (Wildman–Crippen MR) is 149 cm³/mol. The van der Waals surface area contributed by atoms with E-state index in [0.717, 1.165) is 54.4 Å².